The third kappa shape index (κ3) is 4.51. The summed E-state index contributed by atoms with van der Waals surface area (Å²) in [5, 5.41) is 40.0. The van der Waals surface area contributed by atoms with Crippen molar-refractivity contribution < 1.29 is 30.1 Å². The van der Waals surface area contributed by atoms with Crippen LogP contribution in [0.4, 0.5) is 0 Å². The number of phenols is 2. The van der Waals surface area contributed by atoms with E-state index in [1.54, 1.807) is 24.3 Å². The number of hydrogen-bond acceptors (Lipinski definition) is 6. The van der Waals surface area contributed by atoms with Gasteiger partial charge >= 0.3 is 5.91 Å². The summed E-state index contributed by atoms with van der Waals surface area (Å²) in [4.78, 5) is 23.8. The van der Waals surface area contributed by atoms with Crippen molar-refractivity contribution in [3.63, 3.8) is 0 Å². The number of halogens is 1. The molecule has 1 amide bonds. The Balaban J connectivity index is 2.44. The number of hydroxylamine groups is 2. The van der Waals surface area contributed by atoms with E-state index in [2.05, 4.69) is 0 Å². The van der Waals surface area contributed by atoms with Gasteiger partial charge in [-0.2, -0.15) is 0 Å². The van der Waals surface area contributed by atoms with E-state index in [1.807, 2.05) is 0 Å². The minimum atomic E-state index is -1.88. The topological polar surface area (TPSA) is 118 Å². The first kappa shape index (κ1) is 19.7. The van der Waals surface area contributed by atoms with Crippen LogP contribution in [0.15, 0.2) is 42.5 Å². The Morgan fingerprint density at radius 3 is 2.38 bits per heavy atom. The third-order valence-corrected chi connectivity index (χ3v) is 4.12. The average molecular weight is 380 g/mol. The summed E-state index contributed by atoms with van der Waals surface area (Å²) in [6.07, 6.45) is -0.737. The molecular weight excluding hydrogens is 362 g/mol. The quantitative estimate of drug-likeness (QED) is 0.264. The molecule has 7 nitrogen and oxygen atoms in total. The largest absolute Gasteiger partial charge is 0.504 e. The number of phenolic OH excluding ortho intramolecular Hbond substituents is 2. The molecular formula is C18H18ClNO6. The van der Waals surface area contributed by atoms with Crippen LogP contribution in [0.5, 0.6) is 11.5 Å². The molecule has 0 aliphatic heterocycles. The molecule has 8 heteroatoms. The number of likely N-dealkylation sites (N-methyl/N-ethyl adjacent to an activating group) is 1. The molecule has 0 aromatic heterocycles. The normalized spacial score (nSPS) is 13.1. The van der Waals surface area contributed by atoms with E-state index in [1.165, 1.54) is 6.07 Å². The predicted molar refractivity (Wildman–Crippen MR) is 93.0 cm³/mol. The molecule has 0 spiro atoms. The van der Waals surface area contributed by atoms with Crippen molar-refractivity contribution >= 4 is 23.3 Å². The Hall–Kier alpha value is -2.61. The molecule has 0 fully saturated rings. The molecule has 1 unspecified atom stereocenters. The van der Waals surface area contributed by atoms with Crippen molar-refractivity contribution in [1.82, 2.24) is 5.06 Å². The van der Waals surface area contributed by atoms with Gasteiger partial charge in [-0.1, -0.05) is 29.8 Å². The van der Waals surface area contributed by atoms with E-state index in [0.29, 0.717) is 10.6 Å². The van der Waals surface area contributed by atoms with Gasteiger partial charge in [0.1, 0.15) is 5.60 Å². The number of carbonyl (C=O) groups excluding carboxylic acids is 2. The van der Waals surface area contributed by atoms with Crippen molar-refractivity contribution in [3.05, 3.63) is 58.6 Å². The number of aromatic hydroxyl groups is 2. The number of benzene rings is 2. The van der Waals surface area contributed by atoms with Crippen LogP contribution in [0.2, 0.25) is 5.02 Å². The highest BCUT2D eigenvalue weighted by atomic mass is 35.5. The van der Waals surface area contributed by atoms with E-state index >= 15 is 0 Å². The molecule has 26 heavy (non-hydrogen) atoms. The number of carbonyl (C=O) groups is 2. The molecule has 2 aromatic rings. The Morgan fingerprint density at radius 2 is 1.81 bits per heavy atom. The smallest absolute Gasteiger partial charge is 0.313 e. The van der Waals surface area contributed by atoms with Crippen molar-refractivity contribution in [3.8, 4) is 11.5 Å². The number of aliphatic hydroxyl groups is 1. The van der Waals surface area contributed by atoms with Crippen LogP contribution in [-0.2, 0) is 21.6 Å². The molecule has 2 rings (SSSR count). The maximum atomic E-state index is 12.1. The summed E-state index contributed by atoms with van der Waals surface area (Å²) in [5.74, 6) is -3.08. The van der Waals surface area contributed by atoms with E-state index in [0.717, 1.165) is 19.2 Å². The van der Waals surface area contributed by atoms with Crippen LogP contribution in [-0.4, -0.2) is 44.3 Å². The molecule has 138 valence electrons. The van der Waals surface area contributed by atoms with Gasteiger partial charge in [0.25, 0.3) is 0 Å². The number of nitrogens with zero attached hydrogens (tertiary/aromatic N) is 1. The molecule has 1 atom stereocenters. The standard InChI is InChI=1S/C18H18ClNO6/c1-20(26)17(24)16(23)10-18(25,9-11-3-2-4-13(19)7-11)12-5-6-14(21)15(22)8-12/h2-8,21-22,25-26H,9-10H2,1H3. The van der Waals surface area contributed by atoms with E-state index < -0.39 is 35.2 Å². The molecule has 0 radical (unpaired) electrons. The van der Waals surface area contributed by atoms with Gasteiger partial charge in [0, 0.05) is 24.9 Å². The lowest BCUT2D eigenvalue weighted by atomic mass is 9.82. The lowest BCUT2D eigenvalue weighted by Gasteiger charge is -2.29. The van der Waals surface area contributed by atoms with Gasteiger partial charge in [-0.3, -0.25) is 14.8 Å². The number of Topliss-reactive ketones (excluding diaryl/α,β-unsaturated/α-hetero) is 1. The lowest BCUT2D eigenvalue weighted by molar-refractivity contribution is -0.167. The maximum absolute atomic E-state index is 12.1. The monoisotopic (exact) mass is 379 g/mol. The zero-order valence-corrected chi connectivity index (χ0v) is 14.6. The first-order valence-electron chi connectivity index (χ1n) is 7.61. The maximum Gasteiger partial charge on any atom is 0.313 e. The Morgan fingerprint density at radius 1 is 1.12 bits per heavy atom. The number of ketones is 1. The van der Waals surface area contributed by atoms with Crippen molar-refractivity contribution in [2.24, 2.45) is 0 Å². The van der Waals surface area contributed by atoms with Crippen LogP contribution in [0.3, 0.4) is 0 Å². The molecule has 0 bridgehead atoms. The molecule has 0 saturated heterocycles. The van der Waals surface area contributed by atoms with Crippen LogP contribution >= 0.6 is 11.6 Å². The third-order valence-electron chi connectivity index (χ3n) is 3.88. The number of hydrogen-bond donors (Lipinski definition) is 4. The van der Waals surface area contributed by atoms with Crippen molar-refractivity contribution in [1.29, 1.82) is 0 Å². The van der Waals surface area contributed by atoms with Gasteiger partial charge in [0.05, 0.1) is 0 Å². The number of rotatable bonds is 6. The van der Waals surface area contributed by atoms with Crippen LogP contribution in [0, 0.1) is 0 Å². The summed E-state index contributed by atoms with van der Waals surface area (Å²) < 4.78 is 0. The second-order valence-corrected chi connectivity index (χ2v) is 6.41. The fraction of sp³-hybridized carbons (Fsp3) is 0.222. The van der Waals surface area contributed by atoms with Crippen molar-refractivity contribution in [2.45, 2.75) is 18.4 Å². The average Bonchev–Trinajstić information content (AvgIpc) is 2.56. The van der Waals surface area contributed by atoms with E-state index in [-0.39, 0.29) is 17.0 Å². The van der Waals surface area contributed by atoms with Gasteiger partial charge in [0.15, 0.2) is 11.5 Å². The van der Waals surface area contributed by atoms with Crippen LogP contribution in [0.1, 0.15) is 17.5 Å². The second kappa shape index (κ2) is 7.74. The molecule has 0 saturated carbocycles. The fourth-order valence-electron chi connectivity index (χ4n) is 2.59. The zero-order valence-electron chi connectivity index (χ0n) is 13.9. The minimum absolute atomic E-state index is 0.0913. The van der Waals surface area contributed by atoms with Crippen molar-refractivity contribution in [2.75, 3.05) is 7.05 Å². The highest BCUT2D eigenvalue weighted by Crippen LogP contribution is 2.35. The highest BCUT2D eigenvalue weighted by molar-refractivity contribution is 6.35. The molecule has 0 aliphatic carbocycles. The van der Waals surface area contributed by atoms with Gasteiger partial charge in [0.2, 0.25) is 5.78 Å². The molecule has 4 N–H and O–H groups in total. The van der Waals surface area contributed by atoms with E-state index in [9.17, 15) is 24.9 Å². The Kier molecular flexibility index (Phi) is 5.86. The predicted octanol–water partition coefficient (Wildman–Crippen LogP) is 1.99. The number of amides is 1. The van der Waals surface area contributed by atoms with Crippen LogP contribution < -0.4 is 0 Å². The molecule has 0 heterocycles. The lowest BCUT2D eigenvalue weighted by Crippen LogP contribution is -2.38. The van der Waals surface area contributed by atoms with Gasteiger partial charge in [-0.15, -0.1) is 0 Å². The fourth-order valence-corrected chi connectivity index (χ4v) is 2.80. The second-order valence-electron chi connectivity index (χ2n) is 5.97. The summed E-state index contributed by atoms with van der Waals surface area (Å²) in [6, 6.07) is 10.2. The first-order chi connectivity index (χ1) is 12.1. The SMILES string of the molecule is CN(O)C(=O)C(=O)CC(O)(Cc1cccc(Cl)c1)c1ccc(O)c(O)c1. The summed E-state index contributed by atoms with van der Waals surface area (Å²) in [7, 11) is 1.00. The Labute approximate surface area is 154 Å². The Bertz CT molecular complexity index is 838. The first-order valence-corrected chi connectivity index (χ1v) is 7.99. The molecule has 0 aliphatic rings. The van der Waals surface area contributed by atoms with Crippen LogP contribution in [0.25, 0.3) is 0 Å². The molecule has 2 aromatic carbocycles. The van der Waals surface area contributed by atoms with Gasteiger partial charge in [-0.05, 0) is 35.4 Å². The van der Waals surface area contributed by atoms with Gasteiger partial charge in [-0.25, -0.2) is 5.06 Å². The summed E-state index contributed by atoms with van der Waals surface area (Å²) in [5.41, 5.74) is -1.17. The minimum Gasteiger partial charge on any atom is -0.504 e. The van der Waals surface area contributed by atoms with E-state index in [4.69, 9.17) is 16.8 Å². The summed E-state index contributed by atoms with van der Waals surface area (Å²) >= 11 is 5.95. The summed E-state index contributed by atoms with van der Waals surface area (Å²) in [6.45, 7) is 0. The highest BCUT2D eigenvalue weighted by Gasteiger charge is 2.36. The van der Waals surface area contributed by atoms with Gasteiger partial charge < -0.3 is 15.3 Å². The zero-order chi connectivity index (χ0) is 19.5.